The Kier molecular flexibility index (Phi) is 4.38. The van der Waals surface area contributed by atoms with E-state index in [0.717, 1.165) is 0 Å². The molecule has 0 amide bonds. The van der Waals surface area contributed by atoms with Gasteiger partial charge in [0, 0.05) is 0 Å². The Morgan fingerprint density at radius 1 is 1.25 bits per heavy atom. The molecule has 0 aromatic rings. The molecule has 1 saturated heterocycles. The zero-order chi connectivity index (χ0) is 12.5. The van der Waals surface area contributed by atoms with Crippen LogP contribution in [0.5, 0.6) is 0 Å². The molecule has 5 N–H and O–H groups in total. The summed E-state index contributed by atoms with van der Waals surface area (Å²) in [5.74, 6) is 0. The number of halogens is 1. The summed E-state index contributed by atoms with van der Waals surface area (Å²) in [5.41, 5.74) is 0. The van der Waals surface area contributed by atoms with Crippen molar-refractivity contribution >= 4 is 7.82 Å². The van der Waals surface area contributed by atoms with Gasteiger partial charge in [0.2, 0.25) is 0 Å². The molecule has 1 unspecified atom stereocenters. The van der Waals surface area contributed by atoms with Gasteiger partial charge in [-0.3, -0.25) is 4.52 Å². The molecule has 1 fully saturated rings. The maximum Gasteiger partial charge on any atom is 0.469 e. The third kappa shape index (κ3) is 3.44. The molecule has 5 atom stereocenters. The quantitative estimate of drug-likeness (QED) is 0.364. The van der Waals surface area contributed by atoms with Crippen molar-refractivity contribution in [3.63, 3.8) is 0 Å². The molecule has 0 aromatic carbocycles. The van der Waals surface area contributed by atoms with Gasteiger partial charge in [-0.1, -0.05) is 0 Å². The summed E-state index contributed by atoms with van der Waals surface area (Å²) in [5, 5.41) is 27.1. The van der Waals surface area contributed by atoms with E-state index in [1.807, 2.05) is 0 Å². The van der Waals surface area contributed by atoms with Gasteiger partial charge in [0.25, 0.3) is 0 Å². The first-order valence-electron chi connectivity index (χ1n) is 4.26. The summed E-state index contributed by atoms with van der Waals surface area (Å²) in [6.07, 6.45) is -9.26. The number of ether oxygens (including phenoxy) is 1. The van der Waals surface area contributed by atoms with Crippen LogP contribution in [0.15, 0.2) is 0 Å². The summed E-state index contributed by atoms with van der Waals surface area (Å²) < 4.78 is 32.0. The molecule has 1 aliphatic rings. The highest BCUT2D eigenvalue weighted by Gasteiger charge is 2.44. The Morgan fingerprint density at radius 3 is 2.31 bits per heavy atom. The molecule has 0 aromatic heterocycles. The third-order valence-electron chi connectivity index (χ3n) is 2.04. The van der Waals surface area contributed by atoms with Crippen molar-refractivity contribution in [3.05, 3.63) is 0 Å². The molecule has 0 aliphatic carbocycles. The minimum absolute atomic E-state index is 0.855. The van der Waals surface area contributed by atoms with Crippen LogP contribution < -0.4 is 0 Å². The second kappa shape index (κ2) is 5.03. The first-order chi connectivity index (χ1) is 7.22. The summed E-state index contributed by atoms with van der Waals surface area (Å²) in [4.78, 5) is 16.7. The van der Waals surface area contributed by atoms with Crippen LogP contribution in [0.25, 0.3) is 0 Å². The molecule has 1 heterocycles. The zero-order valence-corrected chi connectivity index (χ0v) is 8.77. The first-order valence-corrected chi connectivity index (χ1v) is 5.79. The number of phosphoric ester groups is 1. The van der Waals surface area contributed by atoms with Crippen LogP contribution in [0.4, 0.5) is 4.39 Å². The van der Waals surface area contributed by atoms with Crippen LogP contribution in [0.1, 0.15) is 0 Å². The highest BCUT2D eigenvalue weighted by Crippen LogP contribution is 2.37. The predicted octanol–water partition coefficient (Wildman–Crippen LogP) is -2.13. The smallest absolute Gasteiger partial charge is 0.387 e. The lowest BCUT2D eigenvalue weighted by molar-refractivity contribution is -0.274. The lowest BCUT2D eigenvalue weighted by atomic mass is 10.0. The molecule has 0 bridgehead atoms. The van der Waals surface area contributed by atoms with E-state index in [-0.39, 0.29) is 0 Å². The topological polar surface area (TPSA) is 137 Å². The Bertz CT molecular complexity index is 282. The predicted molar refractivity (Wildman–Crippen MR) is 45.8 cm³/mol. The van der Waals surface area contributed by atoms with Crippen LogP contribution in [-0.2, 0) is 13.8 Å². The second-order valence-corrected chi connectivity index (χ2v) is 4.52. The van der Waals surface area contributed by atoms with E-state index in [1.54, 1.807) is 0 Å². The third-order valence-corrected chi connectivity index (χ3v) is 2.53. The van der Waals surface area contributed by atoms with Gasteiger partial charge in [0.1, 0.15) is 18.3 Å². The van der Waals surface area contributed by atoms with E-state index in [9.17, 15) is 8.96 Å². The number of aliphatic hydroxyl groups is 3. The molecule has 1 rings (SSSR count). The normalized spacial score (nSPS) is 41.0. The van der Waals surface area contributed by atoms with E-state index in [0.29, 0.717) is 0 Å². The molecule has 0 saturated carbocycles. The molecule has 96 valence electrons. The average molecular weight is 262 g/mol. The lowest BCUT2D eigenvalue weighted by Gasteiger charge is -2.36. The van der Waals surface area contributed by atoms with Gasteiger partial charge in [0.05, 0.1) is 6.61 Å². The van der Waals surface area contributed by atoms with Gasteiger partial charge >= 0.3 is 7.82 Å². The number of hydrogen-bond donors (Lipinski definition) is 5. The van der Waals surface area contributed by atoms with Crippen molar-refractivity contribution in [2.45, 2.75) is 30.8 Å². The number of rotatable bonds is 3. The van der Waals surface area contributed by atoms with Crippen molar-refractivity contribution in [3.8, 4) is 0 Å². The standard InChI is InChI=1S/C6H12FO8P/c7-3-2(1-14-16(11,12)13)15-6(10)5(9)4(3)8/h2-6,8-10H,1H2,(H2,11,12,13)/t2-,3-,4+,5+,6?/m1/s1. The second-order valence-electron chi connectivity index (χ2n) is 3.28. The van der Waals surface area contributed by atoms with Gasteiger partial charge in [-0.2, -0.15) is 0 Å². The van der Waals surface area contributed by atoms with Gasteiger partial charge < -0.3 is 29.8 Å². The molecule has 0 spiro atoms. The summed E-state index contributed by atoms with van der Waals surface area (Å²) in [6.45, 7) is -0.855. The Balaban J connectivity index is 2.57. The number of alkyl halides is 1. The maximum atomic E-state index is 13.3. The molecular formula is C6H12FO8P. The molecule has 0 radical (unpaired) electrons. The van der Waals surface area contributed by atoms with E-state index >= 15 is 0 Å². The maximum absolute atomic E-state index is 13.3. The highest BCUT2D eigenvalue weighted by molar-refractivity contribution is 7.46. The fourth-order valence-corrected chi connectivity index (χ4v) is 1.55. The SMILES string of the molecule is O=P(O)(O)OC[C@H]1OC(O)[C@@H](O)[C@@H](O)[C@@H]1F. The zero-order valence-electron chi connectivity index (χ0n) is 7.88. The van der Waals surface area contributed by atoms with Crippen molar-refractivity contribution in [2.75, 3.05) is 6.61 Å². The van der Waals surface area contributed by atoms with E-state index < -0.39 is 45.2 Å². The monoisotopic (exact) mass is 262 g/mol. The van der Waals surface area contributed by atoms with Crippen molar-refractivity contribution in [1.82, 2.24) is 0 Å². The Labute approximate surface area is 89.5 Å². The van der Waals surface area contributed by atoms with Crippen LogP contribution >= 0.6 is 7.82 Å². The fraction of sp³-hybridized carbons (Fsp3) is 1.00. The van der Waals surface area contributed by atoms with Gasteiger partial charge in [-0.15, -0.1) is 0 Å². The van der Waals surface area contributed by atoms with Crippen molar-refractivity contribution < 1.29 is 43.3 Å². The van der Waals surface area contributed by atoms with Crippen LogP contribution in [0.3, 0.4) is 0 Å². The van der Waals surface area contributed by atoms with Crippen LogP contribution in [0, 0.1) is 0 Å². The molecule has 8 nitrogen and oxygen atoms in total. The highest BCUT2D eigenvalue weighted by atomic mass is 31.2. The number of phosphoric acid groups is 1. The lowest BCUT2D eigenvalue weighted by Crippen LogP contribution is -2.56. The van der Waals surface area contributed by atoms with Crippen molar-refractivity contribution in [2.24, 2.45) is 0 Å². The van der Waals surface area contributed by atoms with Crippen molar-refractivity contribution in [1.29, 1.82) is 0 Å². The molecule has 1 aliphatic heterocycles. The Morgan fingerprint density at radius 2 is 1.81 bits per heavy atom. The van der Waals surface area contributed by atoms with Crippen LogP contribution in [-0.4, -0.2) is 62.5 Å². The van der Waals surface area contributed by atoms with Gasteiger partial charge in [0.15, 0.2) is 12.5 Å². The fourth-order valence-electron chi connectivity index (χ4n) is 1.21. The number of hydrogen-bond acceptors (Lipinski definition) is 6. The van der Waals surface area contributed by atoms with E-state index in [1.165, 1.54) is 0 Å². The molecule has 10 heteroatoms. The van der Waals surface area contributed by atoms with Crippen LogP contribution in [0.2, 0.25) is 0 Å². The van der Waals surface area contributed by atoms with E-state index in [4.69, 9.17) is 25.1 Å². The van der Waals surface area contributed by atoms with Gasteiger partial charge in [-0.25, -0.2) is 8.96 Å². The van der Waals surface area contributed by atoms with E-state index in [2.05, 4.69) is 9.26 Å². The summed E-state index contributed by atoms with van der Waals surface area (Å²) >= 11 is 0. The average Bonchev–Trinajstić information content (AvgIpc) is 2.17. The molecular weight excluding hydrogens is 250 g/mol. The number of aliphatic hydroxyl groups excluding tert-OH is 3. The largest absolute Gasteiger partial charge is 0.469 e. The Hall–Kier alpha value is -0.120. The minimum atomic E-state index is -4.79. The molecule has 16 heavy (non-hydrogen) atoms. The summed E-state index contributed by atoms with van der Waals surface area (Å²) in [7, 11) is -4.79. The minimum Gasteiger partial charge on any atom is -0.387 e. The van der Waals surface area contributed by atoms with Gasteiger partial charge in [-0.05, 0) is 0 Å². The first kappa shape index (κ1) is 13.9. The summed E-state index contributed by atoms with van der Waals surface area (Å²) in [6, 6.07) is 0.